The van der Waals surface area contributed by atoms with Crippen molar-refractivity contribution in [3.05, 3.63) is 47.8 Å². The summed E-state index contributed by atoms with van der Waals surface area (Å²) in [5.74, 6) is 0.732. The van der Waals surface area contributed by atoms with E-state index in [1.165, 1.54) is 0 Å². The Kier molecular flexibility index (Phi) is 3.99. The van der Waals surface area contributed by atoms with Crippen molar-refractivity contribution in [2.45, 2.75) is 26.1 Å². The predicted molar refractivity (Wildman–Crippen MR) is 69.2 cm³/mol. The number of rotatable bonds is 5. The van der Waals surface area contributed by atoms with E-state index in [1.54, 1.807) is 10.9 Å². The smallest absolute Gasteiger partial charge is 0.125 e. The van der Waals surface area contributed by atoms with Gasteiger partial charge in [0.05, 0.1) is 12.3 Å². The molecule has 0 amide bonds. The number of aliphatic hydroxyl groups excluding tert-OH is 1. The number of para-hydroxylation sites is 1. The molecule has 2 aromatic rings. The van der Waals surface area contributed by atoms with Crippen LogP contribution >= 0.6 is 0 Å². The van der Waals surface area contributed by atoms with Gasteiger partial charge in [-0.1, -0.05) is 25.1 Å². The van der Waals surface area contributed by atoms with Gasteiger partial charge >= 0.3 is 0 Å². The van der Waals surface area contributed by atoms with Crippen molar-refractivity contribution < 1.29 is 9.84 Å². The molecule has 0 unspecified atom stereocenters. The molecule has 2 rings (SSSR count). The molecule has 0 aliphatic carbocycles. The zero-order valence-corrected chi connectivity index (χ0v) is 10.7. The maximum absolute atomic E-state index is 9.91. The zero-order chi connectivity index (χ0) is 13.0. The van der Waals surface area contributed by atoms with Crippen LogP contribution in [0.25, 0.3) is 0 Å². The van der Waals surface area contributed by atoms with E-state index in [1.807, 2.05) is 44.4 Å². The van der Waals surface area contributed by atoms with E-state index < -0.39 is 6.10 Å². The third-order valence-corrected chi connectivity index (χ3v) is 2.82. The number of nitrogens with zero attached hydrogens (tertiary/aromatic N) is 2. The quantitative estimate of drug-likeness (QED) is 0.881. The van der Waals surface area contributed by atoms with Crippen LogP contribution in [0.15, 0.2) is 36.7 Å². The monoisotopic (exact) mass is 246 g/mol. The fourth-order valence-corrected chi connectivity index (χ4v) is 1.81. The number of benzene rings is 1. The second-order valence-electron chi connectivity index (χ2n) is 4.27. The van der Waals surface area contributed by atoms with Crippen molar-refractivity contribution in [2.24, 2.45) is 7.05 Å². The molecule has 1 aromatic heterocycles. The summed E-state index contributed by atoms with van der Waals surface area (Å²) in [6, 6.07) is 7.59. The lowest BCUT2D eigenvalue weighted by molar-refractivity contribution is 0.166. The molecule has 0 saturated carbocycles. The van der Waals surface area contributed by atoms with Crippen LogP contribution in [0.3, 0.4) is 0 Å². The standard InChI is InChI=1S/C14H18N2O2/c1-3-13(17)12-6-4-5-7-14(12)18-10-11-8-15-16(2)9-11/h4-9,13,17H,3,10H2,1-2H3/t13-/m1/s1. The van der Waals surface area contributed by atoms with Gasteiger partial charge in [-0.05, 0) is 12.5 Å². The molecule has 0 spiro atoms. The summed E-state index contributed by atoms with van der Waals surface area (Å²) in [4.78, 5) is 0. The number of hydrogen-bond acceptors (Lipinski definition) is 3. The summed E-state index contributed by atoms with van der Waals surface area (Å²) in [5, 5.41) is 14.0. The van der Waals surface area contributed by atoms with Gasteiger partial charge < -0.3 is 9.84 Å². The van der Waals surface area contributed by atoms with E-state index >= 15 is 0 Å². The van der Waals surface area contributed by atoms with E-state index in [4.69, 9.17) is 4.74 Å². The Bertz CT molecular complexity index is 508. The first kappa shape index (κ1) is 12.6. The fourth-order valence-electron chi connectivity index (χ4n) is 1.81. The van der Waals surface area contributed by atoms with Gasteiger partial charge in [0.15, 0.2) is 0 Å². The van der Waals surface area contributed by atoms with Crippen LogP contribution in [-0.2, 0) is 13.7 Å². The first-order chi connectivity index (χ1) is 8.70. The van der Waals surface area contributed by atoms with Gasteiger partial charge in [-0.25, -0.2) is 0 Å². The molecule has 0 bridgehead atoms. The van der Waals surface area contributed by atoms with Crippen molar-refractivity contribution >= 4 is 0 Å². The number of aromatic nitrogens is 2. The predicted octanol–water partition coefficient (Wildman–Crippen LogP) is 2.44. The normalized spacial score (nSPS) is 12.4. The number of aryl methyl sites for hydroxylation is 1. The molecule has 1 aromatic carbocycles. The van der Waals surface area contributed by atoms with Crippen molar-refractivity contribution in [3.63, 3.8) is 0 Å². The molecule has 18 heavy (non-hydrogen) atoms. The summed E-state index contributed by atoms with van der Waals surface area (Å²) in [6.07, 6.45) is 3.89. The lowest BCUT2D eigenvalue weighted by Crippen LogP contribution is -2.01. The minimum Gasteiger partial charge on any atom is -0.488 e. The molecule has 0 aliphatic heterocycles. The Morgan fingerprint density at radius 3 is 2.83 bits per heavy atom. The van der Waals surface area contributed by atoms with Crippen LogP contribution in [0.4, 0.5) is 0 Å². The molecule has 4 heteroatoms. The van der Waals surface area contributed by atoms with Crippen LogP contribution in [0.2, 0.25) is 0 Å². The van der Waals surface area contributed by atoms with Crippen LogP contribution in [0.1, 0.15) is 30.6 Å². The molecule has 1 atom stereocenters. The lowest BCUT2D eigenvalue weighted by atomic mass is 10.1. The van der Waals surface area contributed by atoms with E-state index in [0.717, 1.165) is 16.9 Å². The fraction of sp³-hybridized carbons (Fsp3) is 0.357. The largest absolute Gasteiger partial charge is 0.488 e. The molecular formula is C14H18N2O2. The van der Waals surface area contributed by atoms with Gasteiger partial charge in [-0.15, -0.1) is 0 Å². The highest BCUT2D eigenvalue weighted by atomic mass is 16.5. The third-order valence-electron chi connectivity index (χ3n) is 2.82. The summed E-state index contributed by atoms with van der Waals surface area (Å²) in [7, 11) is 1.87. The van der Waals surface area contributed by atoms with Crippen LogP contribution < -0.4 is 4.74 Å². The SMILES string of the molecule is CC[C@@H](O)c1ccccc1OCc1cnn(C)c1. The first-order valence-corrected chi connectivity index (χ1v) is 6.08. The van der Waals surface area contributed by atoms with Gasteiger partial charge in [0.1, 0.15) is 12.4 Å². The molecule has 1 heterocycles. The minimum absolute atomic E-state index is 0.460. The molecule has 0 fully saturated rings. The number of aliphatic hydroxyl groups is 1. The highest BCUT2D eigenvalue weighted by molar-refractivity contribution is 5.35. The summed E-state index contributed by atoms with van der Waals surface area (Å²) >= 11 is 0. The van der Waals surface area contributed by atoms with Crippen molar-refractivity contribution in [1.29, 1.82) is 0 Å². The van der Waals surface area contributed by atoms with Crippen LogP contribution in [0, 0.1) is 0 Å². The number of ether oxygens (including phenoxy) is 1. The molecule has 0 radical (unpaired) electrons. The van der Waals surface area contributed by atoms with E-state index in [9.17, 15) is 5.11 Å². The maximum Gasteiger partial charge on any atom is 0.125 e. The Labute approximate surface area is 107 Å². The van der Waals surface area contributed by atoms with Crippen molar-refractivity contribution in [3.8, 4) is 5.75 Å². The minimum atomic E-state index is -0.477. The highest BCUT2D eigenvalue weighted by Gasteiger charge is 2.11. The first-order valence-electron chi connectivity index (χ1n) is 6.08. The molecule has 4 nitrogen and oxygen atoms in total. The third kappa shape index (κ3) is 2.90. The van der Waals surface area contributed by atoms with Crippen molar-refractivity contribution in [1.82, 2.24) is 9.78 Å². The average Bonchev–Trinajstić information content (AvgIpc) is 2.81. The second kappa shape index (κ2) is 5.69. The van der Waals surface area contributed by atoms with E-state index in [0.29, 0.717) is 13.0 Å². The molecule has 96 valence electrons. The molecule has 1 N–H and O–H groups in total. The van der Waals surface area contributed by atoms with Gasteiger partial charge in [0.2, 0.25) is 0 Å². The summed E-state index contributed by atoms with van der Waals surface area (Å²) < 4.78 is 7.49. The maximum atomic E-state index is 9.91. The Morgan fingerprint density at radius 1 is 1.39 bits per heavy atom. The Balaban J connectivity index is 2.09. The van der Waals surface area contributed by atoms with Crippen molar-refractivity contribution in [2.75, 3.05) is 0 Å². The van der Waals surface area contributed by atoms with Gasteiger partial charge in [0, 0.05) is 24.4 Å². The summed E-state index contributed by atoms with van der Waals surface area (Å²) in [6.45, 7) is 2.41. The Morgan fingerprint density at radius 2 is 2.17 bits per heavy atom. The average molecular weight is 246 g/mol. The number of hydrogen-bond donors (Lipinski definition) is 1. The topological polar surface area (TPSA) is 47.3 Å². The lowest BCUT2D eigenvalue weighted by Gasteiger charge is -2.14. The van der Waals surface area contributed by atoms with Gasteiger partial charge in [-0.3, -0.25) is 4.68 Å². The second-order valence-corrected chi connectivity index (χ2v) is 4.27. The van der Waals surface area contributed by atoms with E-state index in [-0.39, 0.29) is 0 Å². The highest BCUT2D eigenvalue weighted by Crippen LogP contribution is 2.27. The van der Waals surface area contributed by atoms with Gasteiger partial charge in [0.25, 0.3) is 0 Å². The molecular weight excluding hydrogens is 228 g/mol. The molecule has 0 aliphatic rings. The zero-order valence-electron chi connectivity index (χ0n) is 10.7. The van der Waals surface area contributed by atoms with Gasteiger partial charge in [-0.2, -0.15) is 5.10 Å². The van der Waals surface area contributed by atoms with E-state index in [2.05, 4.69) is 5.10 Å². The molecule has 0 saturated heterocycles. The van der Waals surface area contributed by atoms with Crippen LogP contribution in [-0.4, -0.2) is 14.9 Å². The summed E-state index contributed by atoms with van der Waals surface area (Å²) in [5.41, 5.74) is 1.85. The van der Waals surface area contributed by atoms with Crippen LogP contribution in [0.5, 0.6) is 5.75 Å². The Hall–Kier alpha value is -1.81.